The van der Waals surface area contributed by atoms with Crippen molar-refractivity contribution >= 4 is 52.5 Å². The summed E-state index contributed by atoms with van der Waals surface area (Å²) in [4.78, 5) is 57.2. The second-order valence-electron chi connectivity index (χ2n) is 8.17. The Morgan fingerprint density at radius 2 is 1.78 bits per heavy atom. The molecule has 0 radical (unpaired) electrons. The summed E-state index contributed by atoms with van der Waals surface area (Å²) in [5, 5.41) is 8.75. The van der Waals surface area contributed by atoms with Crippen LogP contribution in [0.15, 0.2) is 53.3 Å². The van der Waals surface area contributed by atoms with Crippen molar-refractivity contribution < 1.29 is 19.1 Å². The third-order valence-electron chi connectivity index (χ3n) is 5.49. The van der Waals surface area contributed by atoms with E-state index in [1.54, 1.807) is 36.4 Å². The molecule has 2 amide bonds. The van der Waals surface area contributed by atoms with Crippen LogP contribution in [0.25, 0.3) is 0 Å². The van der Waals surface area contributed by atoms with E-state index in [-0.39, 0.29) is 23.8 Å². The molecule has 186 valence electrons. The predicted octanol–water partition coefficient (Wildman–Crippen LogP) is 4.19. The number of carbonyl (C=O) groups is 3. The maximum atomic E-state index is 13.0. The summed E-state index contributed by atoms with van der Waals surface area (Å²) in [6.07, 6.45) is 1.48. The molecule has 1 aliphatic heterocycles. The second-order valence-corrected chi connectivity index (χ2v) is 8.61. The summed E-state index contributed by atoms with van der Waals surface area (Å²) in [7, 11) is 0. The molecule has 3 aromatic rings. The molecule has 2 heterocycles. The Bertz CT molecular complexity index is 1340. The van der Waals surface area contributed by atoms with Crippen LogP contribution in [-0.4, -0.2) is 34.4 Å². The van der Waals surface area contributed by atoms with Crippen LogP contribution in [0.1, 0.15) is 48.0 Å². The monoisotopic (exact) mass is 509 g/mol. The number of rotatable bonds is 8. The number of nitrogens with zero attached hydrogens (tertiary/aromatic N) is 1. The first-order chi connectivity index (χ1) is 17.3. The highest BCUT2D eigenvalue weighted by molar-refractivity contribution is 6.30. The van der Waals surface area contributed by atoms with Crippen LogP contribution in [0.4, 0.5) is 23.1 Å². The minimum Gasteiger partial charge on any atom is -0.462 e. The predicted molar refractivity (Wildman–Crippen MR) is 136 cm³/mol. The molecule has 36 heavy (non-hydrogen) atoms. The van der Waals surface area contributed by atoms with Gasteiger partial charge in [0.15, 0.2) is 0 Å². The van der Waals surface area contributed by atoms with Gasteiger partial charge in [-0.15, -0.1) is 0 Å². The van der Waals surface area contributed by atoms with Crippen LogP contribution < -0.4 is 21.5 Å². The zero-order chi connectivity index (χ0) is 25.7. The van der Waals surface area contributed by atoms with E-state index in [2.05, 4.69) is 25.9 Å². The lowest BCUT2D eigenvalue weighted by Gasteiger charge is -2.23. The fourth-order valence-corrected chi connectivity index (χ4v) is 3.76. The number of anilines is 4. The Labute approximate surface area is 211 Å². The van der Waals surface area contributed by atoms with Gasteiger partial charge in [0.25, 0.3) is 5.56 Å². The third-order valence-corrected chi connectivity index (χ3v) is 5.75. The summed E-state index contributed by atoms with van der Waals surface area (Å²) in [6.45, 7) is 2.34. The number of esters is 1. The molecule has 0 saturated carbocycles. The van der Waals surface area contributed by atoms with Crippen LogP contribution in [0.3, 0.4) is 0 Å². The minimum atomic E-state index is -1.05. The van der Waals surface area contributed by atoms with Crippen molar-refractivity contribution in [3.8, 4) is 0 Å². The second kappa shape index (κ2) is 11.0. The summed E-state index contributed by atoms with van der Waals surface area (Å²) in [5.74, 6) is -2.37. The molecular weight excluding hydrogens is 486 g/mol. The van der Waals surface area contributed by atoms with Gasteiger partial charge in [-0.05, 0) is 55.0 Å². The molecule has 4 rings (SSSR count). The van der Waals surface area contributed by atoms with Gasteiger partial charge >= 0.3 is 5.97 Å². The van der Waals surface area contributed by atoms with Crippen LogP contribution in [-0.2, 0) is 14.3 Å². The van der Waals surface area contributed by atoms with E-state index in [4.69, 9.17) is 16.3 Å². The minimum absolute atomic E-state index is 0.0109. The van der Waals surface area contributed by atoms with E-state index in [1.807, 2.05) is 6.92 Å². The molecule has 0 spiro atoms. The number of hydrogen-bond acceptors (Lipinski definition) is 7. The molecule has 0 saturated heterocycles. The third kappa shape index (κ3) is 5.89. The standard InChI is InChI=1S/C25H24ClN5O5/c1-2-3-12-36-24(35)14-4-8-16(9-5-14)27-22(33)18-13-19(32)29-21-20(18)23(34)31-25(30-21)28-17-10-6-15(26)7-11-17/h4-11,18H,2-3,12-13H2,1H3,(H,27,33)(H3,28,29,30,31,32,34)/t18-/m0/s1. The summed E-state index contributed by atoms with van der Waals surface area (Å²) < 4.78 is 5.17. The van der Waals surface area contributed by atoms with Crippen LogP contribution >= 0.6 is 11.6 Å². The summed E-state index contributed by atoms with van der Waals surface area (Å²) in [6, 6.07) is 12.9. The number of fused-ring (bicyclic) bond motifs is 1. The Kier molecular flexibility index (Phi) is 7.65. The number of aromatic nitrogens is 2. The SMILES string of the molecule is CCCCOC(=O)c1ccc(NC(=O)[C@H]2CC(=O)Nc3nc(Nc4ccc(Cl)cc4)[nH]c(=O)c32)cc1. The van der Waals surface area contributed by atoms with Crippen LogP contribution in [0, 0.1) is 0 Å². The molecular formula is C25H24ClN5O5. The van der Waals surface area contributed by atoms with Gasteiger partial charge in [0.05, 0.1) is 23.7 Å². The van der Waals surface area contributed by atoms with Gasteiger partial charge in [-0.25, -0.2) is 4.79 Å². The van der Waals surface area contributed by atoms with E-state index in [0.29, 0.717) is 28.6 Å². The van der Waals surface area contributed by atoms with E-state index < -0.39 is 29.3 Å². The number of carbonyl (C=O) groups excluding carboxylic acids is 3. The highest BCUT2D eigenvalue weighted by Crippen LogP contribution is 2.30. The molecule has 11 heteroatoms. The molecule has 0 unspecified atom stereocenters. The maximum absolute atomic E-state index is 13.0. The first kappa shape index (κ1) is 24.9. The fourth-order valence-electron chi connectivity index (χ4n) is 3.64. The number of H-pyrrole nitrogens is 1. The number of nitrogens with one attached hydrogen (secondary N) is 4. The van der Waals surface area contributed by atoms with E-state index >= 15 is 0 Å². The van der Waals surface area contributed by atoms with Crippen molar-refractivity contribution in [2.45, 2.75) is 32.1 Å². The smallest absolute Gasteiger partial charge is 0.338 e. The van der Waals surface area contributed by atoms with Gasteiger partial charge in [-0.1, -0.05) is 24.9 Å². The highest BCUT2D eigenvalue weighted by atomic mass is 35.5. The zero-order valence-corrected chi connectivity index (χ0v) is 20.1. The molecule has 1 atom stereocenters. The number of benzene rings is 2. The van der Waals surface area contributed by atoms with Gasteiger partial charge in [0.1, 0.15) is 5.82 Å². The molecule has 4 N–H and O–H groups in total. The quantitative estimate of drug-likeness (QED) is 0.263. The number of aromatic amines is 1. The van der Waals surface area contributed by atoms with Gasteiger partial charge in [0, 0.05) is 22.8 Å². The fraction of sp³-hybridized carbons (Fsp3) is 0.240. The molecule has 0 aliphatic carbocycles. The maximum Gasteiger partial charge on any atom is 0.338 e. The van der Waals surface area contributed by atoms with Gasteiger partial charge < -0.3 is 20.7 Å². The summed E-state index contributed by atoms with van der Waals surface area (Å²) >= 11 is 5.89. The lowest BCUT2D eigenvalue weighted by Crippen LogP contribution is -2.36. The van der Waals surface area contributed by atoms with E-state index in [1.165, 1.54) is 12.1 Å². The molecule has 10 nitrogen and oxygen atoms in total. The van der Waals surface area contributed by atoms with Gasteiger partial charge in [0.2, 0.25) is 17.8 Å². The molecule has 2 aromatic carbocycles. The molecule has 1 aliphatic rings. The topological polar surface area (TPSA) is 142 Å². The molecule has 1 aromatic heterocycles. The van der Waals surface area contributed by atoms with Gasteiger partial charge in [-0.2, -0.15) is 4.98 Å². The van der Waals surface area contributed by atoms with Crippen molar-refractivity contribution in [3.63, 3.8) is 0 Å². The highest BCUT2D eigenvalue weighted by Gasteiger charge is 2.34. The average molecular weight is 510 g/mol. The first-order valence-electron chi connectivity index (χ1n) is 11.4. The number of amides is 2. The van der Waals surface area contributed by atoms with Gasteiger partial charge in [-0.3, -0.25) is 19.4 Å². The summed E-state index contributed by atoms with van der Waals surface area (Å²) in [5.41, 5.74) is 0.888. The normalized spacial score (nSPS) is 14.4. The Morgan fingerprint density at radius 1 is 1.08 bits per heavy atom. The van der Waals surface area contributed by atoms with Crippen molar-refractivity contribution in [2.75, 3.05) is 22.6 Å². The average Bonchev–Trinajstić information content (AvgIpc) is 2.85. The Hall–Kier alpha value is -4.18. The Balaban J connectivity index is 1.50. The lowest BCUT2D eigenvalue weighted by atomic mass is 9.92. The molecule has 0 fully saturated rings. The van der Waals surface area contributed by atoms with Crippen molar-refractivity contribution in [2.24, 2.45) is 0 Å². The number of hydrogen-bond donors (Lipinski definition) is 4. The van der Waals surface area contributed by atoms with Crippen molar-refractivity contribution in [1.82, 2.24) is 9.97 Å². The van der Waals surface area contributed by atoms with Crippen LogP contribution in [0.2, 0.25) is 5.02 Å². The van der Waals surface area contributed by atoms with Crippen molar-refractivity contribution in [3.05, 3.63) is 75.0 Å². The molecule has 0 bridgehead atoms. The number of ether oxygens (including phenoxy) is 1. The van der Waals surface area contributed by atoms with Crippen molar-refractivity contribution in [1.29, 1.82) is 0 Å². The Morgan fingerprint density at radius 3 is 2.47 bits per heavy atom. The van der Waals surface area contributed by atoms with Crippen LogP contribution in [0.5, 0.6) is 0 Å². The van der Waals surface area contributed by atoms with E-state index in [0.717, 1.165) is 12.8 Å². The number of unbranched alkanes of at least 4 members (excludes halogenated alkanes) is 1. The largest absolute Gasteiger partial charge is 0.462 e. The number of halogens is 1. The first-order valence-corrected chi connectivity index (χ1v) is 11.8. The zero-order valence-electron chi connectivity index (χ0n) is 19.4. The van der Waals surface area contributed by atoms with E-state index in [9.17, 15) is 19.2 Å². The lowest BCUT2D eigenvalue weighted by molar-refractivity contribution is -0.123.